The number of rotatable bonds is 8. The maximum Gasteiger partial charge on any atom is 0.311 e. The van der Waals surface area contributed by atoms with Gasteiger partial charge < -0.3 is 14.5 Å². The highest BCUT2D eigenvalue weighted by Crippen LogP contribution is 2.31. The van der Waals surface area contributed by atoms with E-state index in [1.54, 1.807) is 48.5 Å². The average Bonchev–Trinajstić information content (AvgIpc) is 3.44. The summed E-state index contributed by atoms with van der Waals surface area (Å²) in [6.07, 6.45) is 1.20. The van der Waals surface area contributed by atoms with Crippen LogP contribution in [0.25, 0.3) is 33.5 Å². The number of nitro groups is 1. The number of nitrogens with zero attached hydrogens (tertiary/aromatic N) is 4. The number of hydrogen-bond acceptors (Lipinski definition) is 8. The summed E-state index contributed by atoms with van der Waals surface area (Å²) in [6.45, 7) is -0.604. The Hall–Kier alpha value is -5.88. The number of carbonyl (C=O) groups is 1. The molecule has 2 aromatic heterocycles. The minimum absolute atomic E-state index is 0.0730. The molecule has 6 aromatic rings. The Labute approximate surface area is 251 Å². The number of nitrogens with one attached hydrogen (secondary N) is 1. The van der Waals surface area contributed by atoms with E-state index >= 15 is 0 Å². The van der Waals surface area contributed by atoms with Gasteiger partial charge in [-0.3, -0.25) is 19.7 Å². The number of halogens is 2. The number of amides is 1. The molecule has 13 heteroatoms. The van der Waals surface area contributed by atoms with Crippen LogP contribution in [-0.4, -0.2) is 33.3 Å². The number of aromatic nitrogens is 2. The molecule has 0 aliphatic rings. The van der Waals surface area contributed by atoms with Gasteiger partial charge >= 0.3 is 5.69 Å². The fourth-order valence-electron chi connectivity index (χ4n) is 4.45. The van der Waals surface area contributed by atoms with E-state index in [9.17, 15) is 24.1 Å². The second-order valence-corrected chi connectivity index (χ2v) is 9.84. The van der Waals surface area contributed by atoms with Crippen molar-refractivity contribution in [3.05, 3.63) is 128 Å². The van der Waals surface area contributed by atoms with Crippen LogP contribution < -0.4 is 15.6 Å². The Morgan fingerprint density at radius 1 is 1.09 bits per heavy atom. The van der Waals surface area contributed by atoms with E-state index in [2.05, 4.69) is 15.4 Å². The van der Waals surface area contributed by atoms with E-state index in [4.69, 9.17) is 20.8 Å². The van der Waals surface area contributed by atoms with Crippen molar-refractivity contribution in [2.24, 2.45) is 5.10 Å². The van der Waals surface area contributed by atoms with Gasteiger partial charge in [0.25, 0.3) is 11.5 Å². The Balaban J connectivity index is 1.39. The van der Waals surface area contributed by atoms with Gasteiger partial charge in [-0.05, 0) is 66.7 Å². The second kappa shape index (κ2) is 11.8. The summed E-state index contributed by atoms with van der Waals surface area (Å²) in [5.41, 5.74) is 0.387. The van der Waals surface area contributed by atoms with E-state index in [1.165, 1.54) is 48.7 Å². The third kappa shape index (κ3) is 5.74. The molecule has 0 fully saturated rings. The number of benzene rings is 4. The van der Waals surface area contributed by atoms with Gasteiger partial charge in [0.2, 0.25) is 11.6 Å². The fourth-order valence-corrected chi connectivity index (χ4v) is 4.63. The molecule has 0 aliphatic carbocycles. The lowest BCUT2D eigenvalue weighted by Crippen LogP contribution is -2.21. The first-order chi connectivity index (χ1) is 21.3. The first kappa shape index (κ1) is 28.2. The molecule has 1 amide bonds. The average molecular weight is 612 g/mol. The van der Waals surface area contributed by atoms with Crippen LogP contribution in [0.3, 0.4) is 0 Å². The first-order valence-corrected chi connectivity index (χ1v) is 13.4. The van der Waals surface area contributed by atoms with E-state index in [0.29, 0.717) is 27.2 Å². The van der Waals surface area contributed by atoms with Crippen molar-refractivity contribution in [1.29, 1.82) is 0 Å². The maximum atomic E-state index is 13.6. The van der Waals surface area contributed by atoms with Crippen molar-refractivity contribution in [3.8, 4) is 17.3 Å². The van der Waals surface area contributed by atoms with Crippen LogP contribution in [-0.2, 0) is 4.79 Å². The number of furan rings is 1. The van der Waals surface area contributed by atoms with Crippen molar-refractivity contribution < 1.29 is 23.3 Å². The van der Waals surface area contributed by atoms with E-state index < -0.39 is 34.5 Å². The van der Waals surface area contributed by atoms with Crippen LogP contribution in [0.5, 0.6) is 5.75 Å². The molecular formula is C31H19ClFN5O6. The highest BCUT2D eigenvalue weighted by atomic mass is 35.5. The Kier molecular flexibility index (Phi) is 7.56. The molecule has 0 aliphatic heterocycles. The molecule has 0 bridgehead atoms. The van der Waals surface area contributed by atoms with E-state index in [0.717, 1.165) is 4.68 Å². The van der Waals surface area contributed by atoms with Crippen molar-refractivity contribution >= 4 is 57.0 Å². The van der Waals surface area contributed by atoms with E-state index in [-0.39, 0.29) is 28.3 Å². The van der Waals surface area contributed by atoms with Crippen molar-refractivity contribution in [2.75, 3.05) is 11.9 Å². The third-order valence-electron chi connectivity index (χ3n) is 6.46. The molecule has 4 aromatic carbocycles. The summed E-state index contributed by atoms with van der Waals surface area (Å²) in [7, 11) is 0. The molecular weight excluding hydrogens is 593 g/mol. The molecule has 0 saturated heterocycles. The molecule has 0 atom stereocenters. The van der Waals surface area contributed by atoms with Gasteiger partial charge in [-0.15, -0.1) is 0 Å². The number of nitro benzene ring substituents is 1. The monoisotopic (exact) mass is 611 g/mol. The molecule has 0 saturated carbocycles. The second-order valence-electron chi connectivity index (χ2n) is 9.40. The Morgan fingerprint density at radius 3 is 2.68 bits per heavy atom. The molecule has 11 nitrogen and oxygen atoms in total. The predicted octanol–water partition coefficient (Wildman–Crippen LogP) is 6.41. The van der Waals surface area contributed by atoms with Crippen molar-refractivity contribution in [1.82, 2.24) is 9.66 Å². The van der Waals surface area contributed by atoms with Gasteiger partial charge in [0.05, 0.1) is 22.0 Å². The lowest BCUT2D eigenvalue weighted by molar-refractivity contribution is -0.385. The Morgan fingerprint density at radius 2 is 1.89 bits per heavy atom. The number of carbonyl (C=O) groups excluding carboxylic acids is 1. The van der Waals surface area contributed by atoms with Gasteiger partial charge in [0.1, 0.15) is 11.4 Å². The summed E-state index contributed by atoms with van der Waals surface area (Å²) >= 11 is 6.13. The largest absolute Gasteiger partial charge is 0.476 e. The maximum absolute atomic E-state index is 13.6. The van der Waals surface area contributed by atoms with Crippen LogP contribution in [0.1, 0.15) is 5.56 Å². The number of anilines is 1. The molecule has 0 spiro atoms. The van der Waals surface area contributed by atoms with Crippen molar-refractivity contribution in [3.63, 3.8) is 0 Å². The van der Waals surface area contributed by atoms with E-state index in [1.807, 2.05) is 0 Å². The first-order valence-electron chi connectivity index (χ1n) is 13.0. The summed E-state index contributed by atoms with van der Waals surface area (Å²) < 4.78 is 25.8. The topological polar surface area (TPSA) is 142 Å². The molecule has 1 N–H and O–H groups in total. The minimum Gasteiger partial charge on any atom is -0.476 e. The zero-order valence-electron chi connectivity index (χ0n) is 22.4. The summed E-state index contributed by atoms with van der Waals surface area (Å²) in [5.74, 6) is -1.06. The fraction of sp³-hybridized carbons (Fsp3) is 0.0323. The number of para-hydroxylation sites is 2. The van der Waals surface area contributed by atoms with Crippen LogP contribution in [0.15, 0.2) is 105 Å². The molecule has 6 rings (SSSR count). The quantitative estimate of drug-likeness (QED) is 0.119. The summed E-state index contributed by atoms with van der Waals surface area (Å²) in [5, 5.41) is 20.1. The summed E-state index contributed by atoms with van der Waals surface area (Å²) in [4.78, 5) is 41.9. The molecule has 2 heterocycles. The van der Waals surface area contributed by atoms with Crippen LogP contribution >= 0.6 is 11.6 Å². The molecule has 218 valence electrons. The predicted molar refractivity (Wildman–Crippen MR) is 163 cm³/mol. The van der Waals surface area contributed by atoms with Gasteiger partial charge in [0.15, 0.2) is 12.4 Å². The lowest BCUT2D eigenvalue weighted by atomic mass is 10.2. The molecule has 0 unspecified atom stereocenters. The van der Waals surface area contributed by atoms with Gasteiger partial charge in [0, 0.05) is 27.7 Å². The zero-order chi connectivity index (χ0) is 30.8. The number of fused-ring (bicyclic) bond motifs is 2. The third-order valence-corrected chi connectivity index (χ3v) is 6.70. The lowest BCUT2D eigenvalue weighted by Gasteiger charge is -2.11. The summed E-state index contributed by atoms with van der Waals surface area (Å²) in [6, 6.07) is 22.6. The van der Waals surface area contributed by atoms with Gasteiger partial charge in [-0.1, -0.05) is 29.8 Å². The smallest absolute Gasteiger partial charge is 0.311 e. The van der Waals surface area contributed by atoms with Gasteiger partial charge in [-0.25, -0.2) is 9.37 Å². The van der Waals surface area contributed by atoms with Crippen LogP contribution in [0.2, 0.25) is 5.02 Å². The minimum atomic E-state index is -0.667. The Bertz CT molecular complexity index is 2160. The standard InChI is InChI=1S/C31H19ClFN5O6/c32-20-8-13-26-19(14-20)15-27(44-26)30-36-24-6-2-1-5-23(24)31(40)37(30)34-16-18-4-3-7-25(38(41)42)29(18)43-17-28(39)35-22-11-9-21(33)10-12-22/h1-16H,17H2,(H,35,39). The number of ether oxygens (including phenoxy) is 1. The van der Waals surface area contributed by atoms with Crippen molar-refractivity contribution in [2.45, 2.75) is 0 Å². The zero-order valence-corrected chi connectivity index (χ0v) is 23.2. The highest BCUT2D eigenvalue weighted by molar-refractivity contribution is 6.31. The normalized spacial score (nSPS) is 11.3. The SMILES string of the molecule is O=C(COc1c(C=Nn2c(-c3cc4cc(Cl)ccc4o3)nc3ccccc3c2=O)cccc1[N+](=O)[O-])Nc1ccc(F)cc1. The van der Waals surface area contributed by atoms with Crippen LogP contribution in [0.4, 0.5) is 15.8 Å². The highest BCUT2D eigenvalue weighted by Gasteiger charge is 2.21. The molecule has 44 heavy (non-hydrogen) atoms. The van der Waals surface area contributed by atoms with Crippen LogP contribution in [0, 0.1) is 15.9 Å². The van der Waals surface area contributed by atoms with Gasteiger partial charge in [-0.2, -0.15) is 9.78 Å². The molecule has 0 radical (unpaired) electrons. The number of hydrogen-bond donors (Lipinski definition) is 1.